The van der Waals surface area contributed by atoms with Gasteiger partial charge in [-0.05, 0) is 12.1 Å². The van der Waals surface area contributed by atoms with Crippen molar-refractivity contribution in [2.75, 3.05) is 11.5 Å². The Morgan fingerprint density at radius 1 is 0.452 bits per heavy atom. The van der Waals surface area contributed by atoms with Crippen LogP contribution in [0.2, 0.25) is 45.2 Å². The first-order valence-electron chi connectivity index (χ1n) is 7.84. The molecule has 0 aliphatic carbocycles. The van der Waals surface area contributed by atoms with Crippen LogP contribution in [0.3, 0.4) is 0 Å². The van der Waals surface area contributed by atoms with Crippen LogP contribution >= 0.6 is 104 Å². The first-order chi connectivity index (χ1) is 14.5. The summed E-state index contributed by atoms with van der Waals surface area (Å²) in [4.78, 5) is 0. The van der Waals surface area contributed by atoms with E-state index in [0.29, 0.717) is 0 Å². The van der Waals surface area contributed by atoms with Gasteiger partial charge in [0.05, 0.1) is 31.5 Å². The number of hydrogen-bond donors (Lipinski definition) is 2. The lowest BCUT2D eigenvalue weighted by molar-refractivity contribution is 0.461. The molecule has 0 heterocycles. The first-order valence-corrected chi connectivity index (χ1v) is 11.2. The third-order valence-electron chi connectivity index (χ3n) is 3.87. The summed E-state index contributed by atoms with van der Waals surface area (Å²) in [5.41, 5.74) is 11.7. The topological polar surface area (TPSA) is 70.5 Å². The zero-order valence-corrected chi connectivity index (χ0v) is 21.4. The molecule has 3 aromatic carbocycles. The Morgan fingerprint density at radius 2 is 0.806 bits per heavy atom. The van der Waals surface area contributed by atoms with Gasteiger partial charge in [0.2, 0.25) is 0 Å². The summed E-state index contributed by atoms with van der Waals surface area (Å²) in [5.74, 6) is 0.0929. The molecule has 0 aliphatic rings. The maximum atomic E-state index is 6.44. The minimum Gasteiger partial charge on any atom is -0.452 e. The second-order valence-corrected chi connectivity index (χ2v) is 9.17. The Hall–Kier alpha value is -0.530. The van der Waals surface area contributed by atoms with Gasteiger partial charge in [0.15, 0.2) is 11.5 Å². The fraction of sp³-hybridized carbons (Fsp3) is 0. The number of nitrogen functional groups attached to an aromatic ring is 2. The van der Waals surface area contributed by atoms with Crippen LogP contribution in [-0.2, 0) is 0 Å². The zero-order chi connectivity index (χ0) is 23.2. The molecular weight excluding hydrogens is 595 g/mol. The monoisotopic (exact) mass is 598 g/mol. The van der Waals surface area contributed by atoms with Crippen molar-refractivity contribution in [2.45, 2.75) is 0 Å². The summed E-state index contributed by atoms with van der Waals surface area (Å²) in [5, 5.41) is -0.288. The molecule has 0 spiro atoms. The molecule has 31 heavy (non-hydrogen) atoms. The second-order valence-electron chi connectivity index (χ2n) is 5.77. The summed E-state index contributed by atoms with van der Waals surface area (Å²) in [6.07, 6.45) is 0. The molecule has 0 aliphatic heterocycles. The normalized spacial score (nSPS) is 11.0. The van der Waals surface area contributed by atoms with Crippen molar-refractivity contribution in [3.63, 3.8) is 0 Å². The van der Waals surface area contributed by atoms with E-state index in [-0.39, 0.29) is 79.6 Å². The second kappa shape index (κ2) is 9.76. The third-order valence-corrected chi connectivity index (χ3v) is 7.64. The van der Waals surface area contributed by atoms with Crippen LogP contribution in [-0.4, -0.2) is 0 Å². The lowest BCUT2D eigenvalue weighted by Crippen LogP contribution is -1.97. The van der Waals surface area contributed by atoms with Gasteiger partial charge in [0.1, 0.15) is 36.6 Å². The van der Waals surface area contributed by atoms with Gasteiger partial charge >= 0.3 is 0 Å². The molecule has 0 saturated heterocycles. The molecule has 0 atom stereocenters. The number of ether oxygens (including phenoxy) is 2. The molecule has 164 valence electrons. The number of anilines is 2. The van der Waals surface area contributed by atoms with Crippen molar-refractivity contribution in [2.24, 2.45) is 0 Å². The fourth-order valence-corrected chi connectivity index (χ4v) is 4.46. The predicted molar refractivity (Wildman–Crippen MR) is 133 cm³/mol. The van der Waals surface area contributed by atoms with Crippen molar-refractivity contribution in [1.82, 2.24) is 0 Å². The molecule has 0 unspecified atom stereocenters. The average Bonchev–Trinajstić information content (AvgIpc) is 2.76. The molecule has 3 rings (SSSR count). The van der Waals surface area contributed by atoms with E-state index in [1.165, 1.54) is 12.1 Å². The van der Waals surface area contributed by atoms with Crippen LogP contribution in [0.4, 0.5) is 11.4 Å². The van der Waals surface area contributed by atoms with Gasteiger partial charge in [-0.25, -0.2) is 0 Å². The molecule has 4 nitrogen and oxygen atoms in total. The Labute approximate surface area is 221 Å². The highest BCUT2D eigenvalue weighted by atomic mass is 35.5. The zero-order valence-electron chi connectivity index (χ0n) is 14.6. The summed E-state index contributed by atoms with van der Waals surface area (Å²) in [7, 11) is 0. The Bertz CT molecular complexity index is 1070. The van der Waals surface area contributed by atoms with Crippen LogP contribution in [0.15, 0.2) is 18.2 Å². The summed E-state index contributed by atoms with van der Waals surface area (Å²) in [6.45, 7) is 0. The predicted octanol–water partition coefficient (Wildman–Crippen LogP) is 10.3. The van der Waals surface area contributed by atoms with E-state index in [4.69, 9.17) is 125 Å². The van der Waals surface area contributed by atoms with Crippen molar-refractivity contribution >= 4 is 116 Å². The molecule has 0 radical (unpaired) electrons. The van der Waals surface area contributed by atoms with Gasteiger partial charge < -0.3 is 20.9 Å². The largest absolute Gasteiger partial charge is 0.452 e. The minimum atomic E-state index is -0.0587. The number of rotatable bonds is 4. The number of hydrogen-bond acceptors (Lipinski definition) is 4. The first kappa shape index (κ1) is 25.1. The van der Waals surface area contributed by atoms with E-state index in [0.717, 1.165) is 0 Å². The van der Waals surface area contributed by atoms with Crippen molar-refractivity contribution in [1.29, 1.82) is 0 Å². The summed E-state index contributed by atoms with van der Waals surface area (Å²) in [6, 6.07) is 4.61. The van der Waals surface area contributed by atoms with Crippen LogP contribution in [0, 0.1) is 0 Å². The van der Waals surface area contributed by atoms with Gasteiger partial charge in [-0.1, -0.05) is 110 Å². The lowest BCUT2D eigenvalue weighted by Gasteiger charge is -2.17. The smallest absolute Gasteiger partial charge is 0.168 e. The van der Waals surface area contributed by atoms with Gasteiger partial charge in [-0.2, -0.15) is 0 Å². The minimum absolute atomic E-state index is 0.00585. The van der Waals surface area contributed by atoms with Crippen LogP contribution in [0.1, 0.15) is 0 Å². The highest BCUT2D eigenvalue weighted by Crippen LogP contribution is 2.52. The van der Waals surface area contributed by atoms with Crippen molar-refractivity contribution in [3.05, 3.63) is 63.4 Å². The maximum Gasteiger partial charge on any atom is 0.168 e. The summed E-state index contributed by atoms with van der Waals surface area (Å²) < 4.78 is 11.5. The maximum absolute atomic E-state index is 6.44. The Balaban J connectivity index is 2.06. The van der Waals surface area contributed by atoms with E-state index in [1.54, 1.807) is 6.07 Å². The van der Waals surface area contributed by atoms with E-state index < -0.39 is 0 Å². The molecule has 0 amide bonds. The summed E-state index contributed by atoms with van der Waals surface area (Å²) >= 11 is 55.4. The average molecular weight is 602 g/mol. The third kappa shape index (κ3) is 4.61. The molecule has 0 bridgehead atoms. The van der Waals surface area contributed by atoms with Gasteiger partial charge in [-0.15, -0.1) is 0 Å². The van der Waals surface area contributed by atoms with Crippen molar-refractivity contribution in [3.8, 4) is 23.0 Å². The molecule has 13 heteroatoms. The van der Waals surface area contributed by atoms with Crippen LogP contribution in [0.25, 0.3) is 0 Å². The number of nitrogens with two attached hydrogens (primary N) is 2. The molecular formula is C18H7Cl9N2O2. The lowest BCUT2D eigenvalue weighted by atomic mass is 10.2. The highest BCUT2D eigenvalue weighted by Gasteiger charge is 2.24. The van der Waals surface area contributed by atoms with Crippen molar-refractivity contribution < 1.29 is 9.47 Å². The number of benzene rings is 3. The molecule has 3 aromatic rings. The Kier molecular flexibility index (Phi) is 7.90. The molecule has 4 N–H and O–H groups in total. The van der Waals surface area contributed by atoms with Gasteiger partial charge in [0, 0.05) is 0 Å². The standard InChI is InChI=1S/C18H7Cl9N2O2/c19-6-4(30-17-11(24)7(20)9(22)15(28)13(17)26)2-1-3-5(6)31-18-12(25)8(21)10(23)16(29)14(18)27/h1-3H,28-29H2. The van der Waals surface area contributed by atoms with Gasteiger partial charge in [0.25, 0.3) is 0 Å². The van der Waals surface area contributed by atoms with E-state index in [9.17, 15) is 0 Å². The quantitative estimate of drug-likeness (QED) is 0.177. The Morgan fingerprint density at radius 3 is 1.16 bits per heavy atom. The van der Waals surface area contributed by atoms with E-state index in [1.807, 2.05) is 0 Å². The highest BCUT2D eigenvalue weighted by molar-refractivity contribution is 6.53. The van der Waals surface area contributed by atoms with Gasteiger partial charge in [-0.3, -0.25) is 0 Å². The fourth-order valence-electron chi connectivity index (χ4n) is 2.31. The number of halogens is 9. The van der Waals surface area contributed by atoms with Crippen LogP contribution in [0.5, 0.6) is 23.0 Å². The SMILES string of the molecule is Nc1c(Cl)c(Cl)c(Cl)c(Oc2cccc(Oc3c(Cl)c(N)c(Cl)c(Cl)c3Cl)c2Cl)c1Cl. The van der Waals surface area contributed by atoms with E-state index >= 15 is 0 Å². The molecule has 0 aromatic heterocycles. The molecule has 0 saturated carbocycles. The molecule has 0 fully saturated rings. The van der Waals surface area contributed by atoms with E-state index in [2.05, 4.69) is 0 Å². The van der Waals surface area contributed by atoms with Crippen LogP contribution < -0.4 is 20.9 Å².